The Morgan fingerprint density at radius 2 is 1.55 bits per heavy atom. The van der Waals surface area contributed by atoms with E-state index >= 15 is 0 Å². The Morgan fingerprint density at radius 1 is 0.955 bits per heavy atom. The van der Waals surface area contributed by atoms with Gasteiger partial charge in [0.25, 0.3) is 0 Å². The van der Waals surface area contributed by atoms with E-state index in [4.69, 9.17) is 14.2 Å². The molecule has 1 atom stereocenters. The van der Waals surface area contributed by atoms with E-state index in [1.165, 1.54) is 57.8 Å². The Morgan fingerprint density at radius 3 is 2.09 bits per heavy atom. The summed E-state index contributed by atoms with van der Waals surface area (Å²) in [6.45, 7) is 10.7. The van der Waals surface area contributed by atoms with Crippen LogP contribution >= 0.6 is 0 Å². The van der Waals surface area contributed by atoms with Gasteiger partial charge in [-0.3, -0.25) is 0 Å². The van der Waals surface area contributed by atoms with Crippen LogP contribution in [0.1, 0.15) is 85.5 Å². The lowest BCUT2D eigenvalue weighted by molar-refractivity contribution is -0.145. The summed E-state index contributed by atoms with van der Waals surface area (Å²) in [4.78, 5) is 0. The minimum absolute atomic E-state index is 0.112. The molecule has 0 spiro atoms. The zero-order valence-electron chi connectivity index (χ0n) is 15.4. The average molecular weight is 315 g/mol. The highest BCUT2D eigenvalue weighted by atomic mass is 16.7. The van der Waals surface area contributed by atoms with Crippen LogP contribution in [0.4, 0.5) is 0 Å². The van der Waals surface area contributed by atoms with Gasteiger partial charge < -0.3 is 14.2 Å². The van der Waals surface area contributed by atoms with Crippen molar-refractivity contribution in [3.8, 4) is 0 Å². The second-order valence-corrected chi connectivity index (χ2v) is 7.54. The van der Waals surface area contributed by atoms with Crippen LogP contribution in [-0.2, 0) is 14.2 Å². The minimum Gasteiger partial charge on any atom is -0.379 e. The molecule has 0 aromatic rings. The van der Waals surface area contributed by atoms with Crippen molar-refractivity contribution < 1.29 is 14.2 Å². The summed E-state index contributed by atoms with van der Waals surface area (Å²) in [6.07, 6.45) is 12.4. The Kier molecular flexibility index (Phi) is 10.3. The maximum Gasteiger partial charge on any atom is 0.163 e. The van der Waals surface area contributed by atoms with Crippen molar-refractivity contribution in [2.45, 2.75) is 97.4 Å². The smallest absolute Gasteiger partial charge is 0.163 e. The topological polar surface area (TPSA) is 27.7 Å². The van der Waals surface area contributed by atoms with E-state index in [1.807, 2.05) is 13.8 Å². The predicted octanol–water partition coefficient (Wildman–Crippen LogP) is 5.32. The first-order valence-electron chi connectivity index (χ1n) is 9.39. The van der Waals surface area contributed by atoms with Gasteiger partial charge in [0.05, 0.1) is 13.2 Å². The summed E-state index contributed by atoms with van der Waals surface area (Å²) in [5.74, 6) is 0.440. The molecule has 1 saturated heterocycles. The van der Waals surface area contributed by atoms with Crippen molar-refractivity contribution >= 4 is 0 Å². The summed E-state index contributed by atoms with van der Waals surface area (Å²) < 4.78 is 16.9. The Labute approximate surface area is 138 Å². The van der Waals surface area contributed by atoms with Crippen LogP contribution in [0.5, 0.6) is 0 Å². The van der Waals surface area contributed by atoms with Crippen LogP contribution in [0.25, 0.3) is 0 Å². The molecule has 0 aliphatic carbocycles. The van der Waals surface area contributed by atoms with Crippen molar-refractivity contribution in [1.82, 2.24) is 0 Å². The Hall–Kier alpha value is -0.120. The lowest BCUT2D eigenvalue weighted by Crippen LogP contribution is -2.24. The first-order chi connectivity index (χ1) is 10.5. The van der Waals surface area contributed by atoms with Crippen LogP contribution in [0.3, 0.4) is 0 Å². The monoisotopic (exact) mass is 314 g/mol. The Bertz CT molecular complexity index is 263. The summed E-state index contributed by atoms with van der Waals surface area (Å²) in [6, 6.07) is 0. The van der Waals surface area contributed by atoms with Crippen LogP contribution in [0.15, 0.2) is 0 Å². The van der Waals surface area contributed by atoms with Crippen LogP contribution in [0, 0.1) is 5.92 Å². The molecule has 0 amide bonds. The van der Waals surface area contributed by atoms with Crippen molar-refractivity contribution in [2.75, 3.05) is 19.8 Å². The molecule has 0 bridgehead atoms. The molecule has 1 aliphatic heterocycles. The number of unbranched alkanes of at least 4 members (excludes halogenated alkanes) is 7. The van der Waals surface area contributed by atoms with Gasteiger partial charge in [-0.15, -0.1) is 0 Å². The standard InChI is InChI=1S/C19H38O3/c1-17(2)13-11-9-7-5-6-8-10-12-14-20-15-18-16-21-19(3,4)22-18/h17-18H,5-16H2,1-4H3. The fraction of sp³-hybridized carbons (Fsp3) is 1.00. The van der Waals surface area contributed by atoms with Crippen molar-refractivity contribution in [3.63, 3.8) is 0 Å². The maximum atomic E-state index is 5.71. The van der Waals surface area contributed by atoms with Gasteiger partial charge >= 0.3 is 0 Å². The van der Waals surface area contributed by atoms with Gasteiger partial charge in [-0.2, -0.15) is 0 Å². The Balaban J connectivity index is 1.75. The molecule has 0 saturated carbocycles. The van der Waals surface area contributed by atoms with Gasteiger partial charge in [0.1, 0.15) is 6.10 Å². The SMILES string of the molecule is CC(C)CCCCCCCCCCOCC1COC(C)(C)O1. The van der Waals surface area contributed by atoms with E-state index in [-0.39, 0.29) is 6.10 Å². The van der Waals surface area contributed by atoms with E-state index in [0.29, 0.717) is 13.2 Å². The van der Waals surface area contributed by atoms with Crippen LogP contribution in [-0.4, -0.2) is 31.7 Å². The lowest BCUT2D eigenvalue weighted by atomic mass is 10.0. The third-order valence-electron chi connectivity index (χ3n) is 4.19. The molecule has 1 rings (SSSR count). The molecule has 0 N–H and O–H groups in total. The van der Waals surface area contributed by atoms with Crippen LogP contribution in [0.2, 0.25) is 0 Å². The third kappa shape index (κ3) is 10.6. The molecule has 0 aromatic carbocycles. The van der Waals surface area contributed by atoms with E-state index in [1.54, 1.807) is 0 Å². The molecule has 0 aromatic heterocycles. The second kappa shape index (κ2) is 11.4. The first-order valence-corrected chi connectivity index (χ1v) is 9.39. The van der Waals surface area contributed by atoms with Gasteiger partial charge in [-0.05, 0) is 26.2 Å². The maximum absolute atomic E-state index is 5.71. The number of rotatable bonds is 13. The molecule has 3 heteroatoms. The molecule has 3 nitrogen and oxygen atoms in total. The molecule has 1 aliphatic rings. The number of hydrogen-bond donors (Lipinski definition) is 0. The highest BCUT2D eigenvalue weighted by Gasteiger charge is 2.32. The first kappa shape index (κ1) is 19.9. The quantitative estimate of drug-likeness (QED) is 0.430. The zero-order valence-corrected chi connectivity index (χ0v) is 15.4. The normalized spacial score (nSPS) is 20.9. The molecule has 1 heterocycles. The van der Waals surface area contributed by atoms with Gasteiger partial charge in [0.2, 0.25) is 0 Å². The van der Waals surface area contributed by atoms with Crippen molar-refractivity contribution in [3.05, 3.63) is 0 Å². The molecular formula is C19H38O3. The van der Waals surface area contributed by atoms with Crippen molar-refractivity contribution in [2.24, 2.45) is 5.92 Å². The largest absolute Gasteiger partial charge is 0.379 e. The summed E-state index contributed by atoms with van der Waals surface area (Å²) in [5, 5.41) is 0. The van der Waals surface area contributed by atoms with E-state index in [2.05, 4.69) is 13.8 Å². The average Bonchev–Trinajstić information content (AvgIpc) is 2.79. The van der Waals surface area contributed by atoms with Gasteiger partial charge in [-0.25, -0.2) is 0 Å². The summed E-state index contributed by atoms with van der Waals surface area (Å²) in [5.41, 5.74) is 0. The predicted molar refractivity (Wildman–Crippen MR) is 92.1 cm³/mol. The van der Waals surface area contributed by atoms with E-state index < -0.39 is 5.79 Å². The van der Waals surface area contributed by atoms with Gasteiger partial charge in [-0.1, -0.05) is 65.2 Å². The number of hydrogen-bond acceptors (Lipinski definition) is 3. The summed E-state index contributed by atoms with van der Waals surface area (Å²) >= 11 is 0. The molecule has 1 unspecified atom stereocenters. The highest BCUT2D eigenvalue weighted by molar-refractivity contribution is 4.70. The molecule has 1 fully saturated rings. The fourth-order valence-corrected chi connectivity index (χ4v) is 2.88. The number of ether oxygens (including phenoxy) is 3. The minimum atomic E-state index is -0.427. The third-order valence-corrected chi connectivity index (χ3v) is 4.19. The fourth-order valence-electron chi connectivity index (χ4n) is 2.88. The second-order valence-electron chi connectivity index (χ2n) is 7.54. The lowest BCUT2D eigenvalue weighted by Gasteiger charge is -2.17. The molecule has 0 radical (unpaired) electrons. The summed E-state index contributed by atoms with van der Waals surface area (Å²) in [7, 11) is 0. The van der Waals surface area contributed by atoms with Gasteiger partial charge in [0.15, 0.2) is 5.79 Å². The van der Waals surface area contributed by atoms with Crippen molar-refractivity contribution in [1.29, 1.82) is 0 Å². The highest BCUT2D eigenvalue weighted by Crippen LogP contribution is 2.22. The van der Waals surface area contributed by atoms with E-state index in [9.17, 15) is 0 Å². The molecular weight excluding hydrogens is 276 g/mol. The molecule has 22 heavy (non-hydrogen) atoms. The van der Waals surface area contributed by atoms with Gasteiger partial charge in [0, 0.05) is 6.61 Å². The van der Waals surface area contributed by atoms with Crippen LogP contribution < -0.4 is 0 Å². The molecule has 132 valence electrons. The van der Waals surface area contributed by atoms with E-state index in [0.717, 1.165) is 12.5 Å². The zero-order chi connectivity index (χ0) is 16.3.